The first-order valence-corrected chi connectivity index (χ1v) is 19.2. The van der Waals surface area contributed by atoms with E-state index in [1.165, 1.54) is 0 Å². The number of rotatable bonds is 13. The average Bonchev–Trinajstić information content (AvgIpc) is 3.15. The second kappa shape index (κ2) is 17.4. The van der Waals surface area contributed by atoms with Crippen LogP contribution in [-0.2, 0) is 28.7 Å². The Balaban J connectivity index is 1.59. The van der Waals surface area contributed by atoms with Gasteiger partial charge in [-0.05, 0) is 28.0 Å². The summed E-state index contributed by atoms with van der Waals surface area (Å²) in [5.74, 6) is -2.48. The maximum atomic E-state index is 14.2. The summed E-state index contributed by atoms with van der Waals surface area (Å²) in [6, 6.07) is 34.0. The first kappa shape index (κ1) is 38.8. The second-order valence-electron chi connectivity index (χ2n) is 11.0. The van der Waals surface area contributed by atoms with Gasteiger partial charge >= 0.3 is 12.1 Å². The van der Waals surface area contributed by atoms with E-state index in [2.05, 4.69) is 5.32 Å². The summed E-state index contributed by atoms with van der Waals surface area (Å²) in [5, 5.41) is 13.5. The van der Waals surface area contributed by atoms with Gasteiger partial charge in [-0.2, -0.15) is 0 Å². The molecule has 0 saturated carbocycles. The van der Waals surface area contributed by atoms with E-state index in [1.807, 2.05) is 0 Å². The van der Waals surface area contributed by atoms with Gasteiger partial charge in [-0.25, -0.2) is 9.59 Å². The molecule has 2 atom stereocenters. The van der Waals surface area contributed by atoms with Crippen LogP contribution >= 0.6 is 53.5 Å². The predicted octanol–water partition coefficient (Wildman–Crippen LogP) is 4.71. The average molecular weight is 804 g/mol. The van der Waals surface area contributed by atoms with E-state index < -0.39 is 71.0 Å². The highest BCUT2D eigenvalue weighted by molar-refractivity contribution is 8.14. The molecule has 11 nitrogen and oxygen atoms in total. The molecule has 0 spiro atoms. The third kappa shape index (κ3) is 9.12. The number of carbonyl (C=O) groups is 5. The summed E-state index contributed by atoms with van der Waals surface area (Å²) in [6.45, 7) is -5.38. The van der Waals surface area contributed by atoms with Crippen molar-refractivity contribution >= 4 is 104 Å². The van der Waals surface area contributed by atoms with Gasteiger partial charge in [0, 0.05) is 6.89 Å². The van der Waals surface area contributed by atoms with E-state index in [0.29, 0.717) is 33.4 Å². The van der Waals surface area contributed by atoms with Gasteiger partial charge in [-0.1, -0.05) is 156 Å². The number of carbonyl (C=O) groups excluding carboxylic acids is 4. The maximum Gasteiger partial charge on any atom is 0.508 e. The van der Waals surface area contributed by atoms with Crippen molar-refractivity contribution in [2.45, 2.75) is 15.2 Å². The highest BCUT2D eigenvalue weighted by Gasteiger charge is 2.55. The fourth-order valence-corrected chi connectivity index (χ4v) is 11.1. The monoisotopic (exact) mass is 802 g/mol. The van der Waals surface area contributed by atoms with Gasteiger partial charge in [-0.15, -0.1) is 0 Å². The van der Waals surface area contributed by atoms with Crippen molar-refractivity contribution in [1.29, 1.82) is 0 Å². The molecule has 4 aromatic rings. The molecule has 4 aromatic carbocycles. The molecule has 1 fully saturated rings. The van der Waals surface area contributed by atoms with Crippen LogP contribution < -0.4 is 26.0 Å². The topological polar surface area (TPSA) is 149 Å². The molecule has 270 valence electrons. The summed E-state index contributed by atoms with van der Waals surface area (Å²) in [6.07, 6.45) is -1.30. The molecular formula is C36H30Cl3N2O9PS. The van der Waals surface area contributed by atoms with Crippen molar-refractivity contribution in [2.24, 2.45) is 0 Å². The minimum absolute atomic E-state index is 0.291. The number of benzene rings is 4. The number of β-lactam (4-membered cyclic amide) rings is 1. The van der Waals surface area contributed by atoms with Gasteiger partial charge in [-0.3, -0.25) is 19.3 Å². The molecule has 16 heteroatoms. The number of para-hydroxylation sites is 1. The number of ether oxygens (including phenoxy) is 3. The SMILES string of the molecule is O=C(COc1ccccc1)NC1C(=O)N(C(C(=O)O)=P(c2ccccc2)(c2ccccc2)c2ccccc2)C1SC(=O)COC(=O)OCC(Cl)(Cl)Cl. The number of hydrogen-bond donors (Lipinski definition) is 2. The predicted molar refractivity (Wildman–Crippen MR) is 202 cm³/mol. The fraction of sp³-hybridized carbons (Fsp3) is 0.167. The summed E-state index contributed by atoms with van der Waals surface area (Å²) in [4.78, 5) is 67.5. The molecule has 2 unspecified atom stereocenters. The lowest BCUT2D eigenvalue weighted by atomic mass is 10.1. The highest BCUT2D eigenvalue weighted by atomic mass is 35.6. The van der Waals surface area contributed by atoms with Crippen molar-refractivity contribution < 1.29 is 43.3 Å². The molecule has 1 aliphatic rings. The molecule has 1 aliphatic heterocycles. The number of carboxylic acid groups (broad SMARTS) is 1. The minimum Gasteiger partial charge on any atom is -0.484 e. The Morgan fingerprint density at radius 2 is 1.23 bits per heavy atom. The molecule has 5 rings (SSSR count). The van der Waals surface area contributed by atoms with E-state index in [0.717, 1.165) is 4.90 Å². The third-order valence-corrected chi connectivity index (χ3v) is 13.2. The standard InChI is InChI=1S/C36H30Cl3N2O9PS/c37-36(38,39)23-50-35(47)49-22-29(43)52-33-30(40-28(42)21-48-24-13-5-1-6-14-24)31(44)41(33)32(34(45)46)51(25-15-7-2-8-16-25,26-17-9-3-10-18-26)27-19-11-4-12-20-27/h1-20,30,33H,21-23H2,(H,40,42)(H,45,46). The number of thioether (sulfide) groups is 1. The van der Waals surface area contributed by atoms with Crippen LogP contribution in [0.25, 0.3) is 0 Å². The van der Waals surface area contributed by atoms with Crippen LogP contribution in [0.15, 0.2) is 121 Å². The summed E-state index contributed by atoms with van der Waals surface area (Å²) in [5.41, 5.74) is -0.291. The zero-order valence-electron chi connectivity index (χ0n) is 27.0. The van der Waals surface area contributed by atoms with Gasteiger partial charge in [0.1, 0.15) is 29.2 Å². The molecule has 0 bridgehead atoms. The number of hydrogen-bond acceptors (Lipinski definition) is 9. The third-order valence-electron chi connectivity index (χ3n) is 7.55. The van der Waals surface area contributed by atoms with Gasteiger partial charge in [0.2, 0.25) is 8.91 Å². The Labute approximate surface area is 318 Å². The molecule has 2 N–H and O–H groups in total. The van der Waals surface area contributed by atoms with Crippen LogP contribution in [0, 0.1) is 0 Å². The number of aliphatic carboxylic acids is 1. The highest BCUT2D eigenvalue weighted by Crippen LogP contribution is 2.49. The zero-order valence-corrected chi connectivity index (χ0v) is 31.0. The number of halogens is 3. The van der Waals surface area contributed by atoms with E-state index in [9.17, 15) is 29.1 Å². The lowest BCUT2D eigenvalue weighted by Crippen LogP contribution is -2.72. The van der Waals surface area contributed by atoms with Crippen molar-refractivity contribution in [3.05, 3.63) is 121 Å². The number of carboxylic acids is 1. The molecule has 0 radical (unpaired) electrons. The first-order chi connectivity index (χ1) is 24.9. The molecule has 1 heterocycles. The first-order valence-electron chi connectivity index (χ1n) is 15.4. The Bertz CT molecular complexity index is 1870. The van der Waals surface area contributed by atoms with Crippen molar-refractivity contribution in [1.82, 2.24) is 10.2 Å². The number of likely N-dealkylation sites (tertiary alicyclic amines) is 1. The molecule has 2 amide bonds. The van der Waals surface area contributed by atoms with Crippen LogP contribution in [0.2, 0.25) is 0 Å². The maximum absolute atomic E-state index is 14.2. The van der Waals surface area contributed by atoms with E-state index >= 15 is 0 Å². The Kier molecular flexibility index (Phi) is 13.0. The van der Waals surface area contributed by atoms with Crippen molar-refractivity contribution in [3.63, 3.8) is 0 Å². The van der Waals surface area contributed by atoms with Crippen LogP contribution in [0.1, 0.15) is 0 Å². The van der Waals surface area contributed by atoms with Crippen molar-refractivity contribution in [2.75, 3.05) is 19.8 Å². The largest absolute Gasteiger partial charge is 0.508 e. The molecule has 52 heavy (non-hydrogen) atoms. The van der Waals surface area contributed by atoms with E-state index in [-0.39, 0.29) is 5.42 Å². The molecule has 0 aliphatic carbocycles. The van der Waals surface area contributed by atoms with Gasteiger partial charge in [0.15, 0.2) is 13.2 Å². The summed E-state index contributed by atoms with van der Waals surface area (Å²) < 4.78 is 13.2. The van der Waals surface area contributed by atoms with Gasteiger partial charge < -0.3 is 24.6 Å². The minimum atomic E-state index is -3.41. The fourth-order valence-electron chi connectivity index (χ4n) is 5.47. The quantitative estimate of drug-likeness (QED) is 0.0843. The number of alkyl halides is 3. The molecular weight excluding hydrogens is 774 g/mol. The Morgan fingerprint density at radius 1 is 0.750 bits per heavy atom. The summed E-state index contributed by atoms with van der Waals surface area (Å²) in [7, 11) is 0. The normalized spacial score (nSPS) is 15.5. The lowest BCUT2D eigenvalue weighted by Gasteiger charge is -2.48. The smallest absolute Gasteiger partial charge is 0.484 e. The van der Waals surface area contributed by atoms with E-state index in [4.69, 9.17) is 49.0 Å². The Hall–Kier alpha value is -4.45. The lowest BCUT2D eigenvalue weighted by molar-refractivity contribution is -0.145. The van der Waals surface area contributed by atoms with Crippen LogP contribution in [0.3, 0.4) is 0 Å². The van der Waals surface area contributed by atoms with Crippen LogP contribution in [-0.4, -0.2) is 79.5 Å². The van der Waals surface area contributed by atoms with E-state index in [1.54, 1.807) is 121 Å². The number of nitrogens with zero attached hydrogens (tertiary/aromatic N) is 1. The van der Waals surface area contributed by atoms with Crippen molar-refractivity contribution in [3.8, 4) is 5.75 Å². The van der Waals surface area contributed by atoms with Gasteiger partial charge in [0.25, 0.3) is 11.8 Å². The second-order valence-corrected chi connectivity index (χ2v) is 18.0. The molecule has 0 aromatic heterocycles. The molecule has 1 saturated heterocycles. The van der Waals surface area contributed by atoms with Crippen LogP contribution in [0.5, 0.6) is 5.75 Å². The van der Waals surface area contributed by atoms with Crippen LogP contribution in [0.4, 0.5) is 4.79 Å². The Morgan fingerprint density at radius 3 is 1.69 bits per heavy atom. The number of amides is 2. The zero-order chi connectivity index (χ0) is 37.3. The number of nitrogens with one attached hydrogen (secondary N) is 1. The van der Waals surface area contributed by atoms with Gasteiger partial charge in [0.05, 0.1) is 0 Å². The summed E-state index contributed by atoms with van der Waals surface area (Å²) >= 11 is 17.3.